The maximum absolute atomic E-state index is 12.7. The molecule has 2 aromatic carbocycles. The lowest BCUT2D eigenvalue weighted by Crippen LogP contribution is -2.48. The predicted molar refractivity (Wildman–Crippen MR) is 118 cm³/mol. The maximum Gasteiger partial charge on any atom is 0.251 e. The van der Waals surface area contributed by atoms with E-state index in [2.05, 4.69) is 10.2 Å². The number of sulfonamides is 1. The second-order valence-corrected chi connectivity index (χ2v) is 9.69. The van der Waals surface area contributed by atoms with E-state index < -0.39 is 10.0 Å². The van der Waals surface area contributed by atoms with E-state index in [9.17, 15) is 13.2 Å². The summed E-state index contributed by atoms with van der Waals surface area (Å²) < 4.78 is 27.0. The fourth-order valence-electron chi connectivity index (χ4n) is 3.38. The normalized spacial score (nSPS) is 16.0. The van der Waals surface area contributed by atoms with Crippen LogP contribution in [0.2, 0.25) is 0 Å². The number of hydrogen-bond donors (Lipinski definition) is 1. The molecule has 1 saturated heterocycles. The highest BCUT2D eigenvalue weighted by atomic mass is 32.2. The number of benzene rings is 2. The molecular formula is C22H30N4O3S. The van der Waals surface area contributed by atoms with Crippen molar-refractivity contribution in [3.8, 4) is 0 Å². The Labute approximate surface area is 179 Å². The number of rotatable bonds is 8. The topological polar surface area (TPSA) is 73.0 Å². The molecule has 0 aliphatic carbocycles. The molecule has 30 heavy (non-hydrogen) atoms. The molecule has 3 rings (SSSR count). The lowest BCUT2D eigenvalue weighted by molar-refractivity contribution is 0.0951. The monoisotopic (exact) mass is 430 g/mol. The van der Waals surface area contributed by atoms with Crippen LogP contribution in [0.3, 0.4) is 0 Å². The number of likely N-dealkylation sites (N-methyl/N-ethyl adjacent to an activating group) is 1. The van der Waals surface area contributed by atoms with Gasteiger partial charge in [0.05, 0.1) is 4.90 Å². The Morgan fingerprint density at radius 2 is 1.60 bits per heavy atom. The van der Waals surface area contributed by atoms with Gasteiger partial charge in [-0.1, -0.05) is 30.3 Å². The third-order valence-electron chi connectivity index (χ3n) is 5.18. The van der Waals surface area contributed by atoms with Gasteiger partial charge in [-0.2, -0.15) is 4.31 Å². The first kappa shape index (κ1) is 22.4. The van der Waals surface area contributed by atoms with Gasteiger partial charge in [0.2, 0.25) is 10.0 Å². The molecule has 162 valence electrons. The summed E-state index contributed by atoms with van der Waals surface area (Å²) in [5.41, 5.74) is 1.76. The summed E-state index contributed by atoms with van der Waals surface area (Å²) in [6.07, 6.45) is 0. The zero-order chi connectivity index (χ0) is 21.6. The van der Waals surface area contributed by atoms with Crippen LogP contribution in [-0.4, -0.2) is 81.8 Å². The second kappa shape index (κ2) is 10.2. The number of nitrogens with zero attached hydrogens (tertiary/aromatic N) is 3. The highest BCUT2D eigenvalue weighted by Crippen LogP contribution is 2.18. The van der Waals surface area contributed by atoms with Gasteiger partial charge in [0.15, 0.2) is 0 Å². The zero-order valence-electron chi connectivity index (χ0n) is 17.6. The first-order valence-corrected chi connectivity index (χ1v) is 11.6. The molecule has 8 heteroatoms. The molecule has 1 heterocycles. The van der Waals surface area contributed by atoms with Crippen molar-refractivity contribution in [3.05, 3.63) is 65.7 Å². The van der Waals surface area contributed by atoms with Crippen LogP contribution >= 0.6 is 0 Å². The van der Waals surface area contributed by atoms with E-state index in [4.69, 9.17) is 0 Å². The number of piperazine rings is 1. The third-order valence-corrected chi connectivity index (χ3v) is 7.09. The molecule has 0 saturated carbocycles. The maximum atomic E-state index is 12.7. The second-order valence-electron chi connectivity index (χ2n) is 7.75. The van der Waals surface area contributed by atoms with Gasteiger partial charge < -0.3 is 10.2 Å². The van der Waals surface area contributed by atoms with Gasteiger partial charge in [-0.3, -0.25) is 9.69 Å². The Balaban J connectivity index is 1.50. The van der Waals surface area contributed by atoms with Gasteiger partial charge in [0.1, 0.15) is 0 Å². The molecule has 2 aromatic rings. The van der Waals surface area contributed by atoms with Crippen LogP contribution in [0.4, 0.5) is 0 Å². The van der Waals surface area contributed by atoms with Crippen LogP contribution < -0.4 is 5.32 Å². The Bertz CT molecular complexity index is 923. The molecule has 1 N–H and O–H groups in total. The lowest BCUT2D eigenvalue weighted by atomic mass is 10.1. The summed E-state index contributed by atoms with van der Waals surface area (Å²) >= 11 is 0. The Morgan fingerprint density at radius 1 is 0.967 bits per heavy atom. The van der Waals surface area contributed by atoms with Gasteiger partial charge in [-0.05, 0) is 43.9 Å². The fourth-order valence-corrected chi connectivity index (χ4v) is 4.83. The molecule has 0 spiro atoms. The van der Waals surface area contributed by atoms with E-state index in [0.29, 0.717) is 43.2 Å². The first-order chi connectivity index (χ1) is 14.4. The first-order valence-electron chi connectivity index (χ1n) is 10.2. The van der Waals surface area contributed by atoms with Gasteiger partial charge in [-0.15, -0.1) is 0 Å². The van der Waals surface area contributed by atoms with Crippen LogP contribution in [-0.2, 0) is 16.6 Å². The van der Waals surface area contributed by atoms with Crippen molar-refractivity contribution < 1.29 is 13.2 Å². The number of carbonyl (C=O) groups is 1. The molecule has 1 aliphatic heterocycles. The average molecular weight is 431 g/mol. The third kappa shape index (κ3) is 5.89. The van der Waals surface area contributed by atoms with E-state index in [1.54, 1.807) is 28.6 Å². The highest BCUT2D eigenvalue weighted by Gasteiger charge is 2.28. The van der Waals surface area contributed by atoms with Crippen LogP contribution in [0.1, 0.15) is 15.9 Å². The quantitative estimate of drug-likeness (QED) is 0.687. The van der Waals surface area contributed by atoms with Crippen LogP contribution in [0.15, 0.2) is 59.5 Å². The van der Waals surface area contributed by atoms with Crippen molar-refractivity contribution in [1.82, 2.24) is 19.4 Å². The van der Waals surface area contributed by atoms with Crippen molar-refractivity contribution in [2.75, 3.05) is 53.4 Å². The van der Waals surface area contributed by atoms with E-state index in [0.717, 1.165) is 18.7 Å². The molecular weight excluding hydrogens is 400 g/mol. The molecule has 0 radical (unpaired) electrons. The molecule has 0 aromatic heterocycles. The minimum absolute atomic E-state index is 0.0665. The zero-order valence-corrected chi connectivity index (χ0v) is 18.4. The molecule has 1 amide bonds. The average Bonchev–Trinajstić information content (AvgIpc) is 2.75. The number of amides is 1. The van der Waals surface area contributed by atoms with Crippen LogP contribution in [0.5, 0.6) is 0 Å². The van der Waals surface area contributed by atoms with Gasteiger partial charge in [0, 0.05) is 51.4 Å². The Morgan fingerprint density at radius 3 is 2.20 bits per heavy atom. The van der Waals surface area contributed by atoms with Crippen molar-refractivity contribution >= 4 is 15.9 Å². The minimum atomic E-state index is -3.43. The van der Waals surface area contributed by atoms with Crippen molar-refractivity contribution in [2.45, 2.75) is 11.4 Å². The number of hydrogen-bond acceptors (Lipinski definition) is 5. The summed E-state index contributed by atoms with van der Waals surface area (Å²) in [4.78, 5) is 16.8. The minimum Gasteiger partial charge on any atom is -0.351 e. The highest BCUT2D eigenvalue weighted by molar-refractivity contribution is 7.89. The smallest absolute Gasteiger partial charge is 0.251 e. The summed E-state index contributed by atoms with van der Waals surface area (Å²) in [5.74, 6) is -0.0665. The fraction of sp³-hybridized carbons (Fsp3) is 0.409. The Kier molecular flexibility index (Phi) is 7.60. The molecule has 7 nitrogen and oxygen atoms in total. The summed E-state index contributed by atoms with van der Waals surface area (Å²) in [6, 6.07) is 16.2. The summed E-state index contributed by atoms with van der Waals surface area (Å²) in [7, 11) is 0.513. The van der Waals surface area contributed by atoms with Gasteiger partial charge in [0.25, 0.3) is 5.91 Å². The molecule has 0 bridgehead atoms. The standard InChI is InChI=1S/C22H30N4O3S/c1-24(2)13-12-23-22(27)20-10-8-19(9-11-20)18-25-14-16-26(17-15-25)30(28,29)21-6-4-3-5-7-21/h3-11H,12-18H2,1-2H3,(H,23,27). The van der Waals surface area contributed by atoms with E-state index in [1.807, 2.05) is 49.3 Å². The largest absolute Gasteiger partial charge is 0.351 e. The molecule has 0 atom stereocenters. The van der Waals surface area contributed by atoms with Gasteiger partial charge in [-0.25, -0.2) is 8.42 Å². The van der Waals surface area contributed by atoms with Crippen LogP contribution in [0.25, 0.3) is 0 Å². The van der Waals surface area contributed by atoms with Crippen molar-refractivity contribution in [2.24, 2.45) is 0 Å². The van der Waals surface area contributed by atoms with Crippen molar-refractivity contribution in [1.29, 1.82) is 0 Å². The lowest BCUT2D eigenvalue weighted by Gasteiger charge is -2.34. The van der Waals surface area contributed by atoms with E-state index in [1.165, 1.54) is 0 Å². The van der Waals surface area contributed by atoms with E-state index in [-0.39, 0.29) is 5.91 Å². The summed E-state index contributed by atoms with van der Waals surface area (Å²) in [5, 5.41) is 2.91. The van der Waals surface area contributed by atoms with Crippen molar-refractivity contribution in [3.63, 3.8) is 0 Å². The molecule has 1 fully saturated rings. The molecule has 1 aliphatic rings. The number of nitrogens with one attached hydrogen (secondary N) is 1. The molecule has 0 unspecified atom stereocenters. The summed E-state index contributed by atoms with van der Waals surface area (Å²) in [6.45, 7) is 4.46. The Hall–Kier alpha value is -2.26. The van der Waals surface area contributed by atoms with Gasteiger partial charge >= 0.3 is 0 Å². The SMILES string of the molecule is CN(C)CCNC(=O)c1ccc(CN2CCN(S(=O)(=O)c3ccccc3)CC2)cc1. The van der Waals surface area contributed by atoms with E-state index >= 15 is 0 Å². The van der Waals surface area contributed by atoms with Crippen LogP contribution in [0, 0.1) is 0 Å². The predicted octanol–water partition coefficient (Wildman–Crippen LogP) is 1.48. The number of carbonyl (C=O) groups excluding carboxylic acids is 1.